The third-order valence-corrected chi connectivity index (χ3v) is 5.46. The molecule has 152 valence electrons. The SMILES string of the molecule is Cc1cc(/C=C(/C#N)C(=O)NCCCc2ccccc2)c(C)n1CC1CCCO1. The van der Waals surface area contributed by atoms with Gasteiger partial charge in [-0.2, -0.15) is 5.26 Å². The van der Waals surface area contributed by atoms with Crippen molar-refractivity contribution in [2.24, 2.45) is 0 Å². The van der Waals surface area contributed by atoms with Crippen LogP contribution >= 0.6 is 0 Å². The monoisotopic (exact) mass is 391 g/mol. The number of aromatic nitrogens is 1. The Morgan fingerprint density at radius 3 is 2.83 bits per heavy atom. The van der Waals surface area contributed by atoms with Crippen molar-refractivity contribution in [3.8, 4) is 6.07 Å². The maximum atomic E-state index is 12.4. The molecular formula is C24H29N3O2. The fraction of sp³-hybridized carbons (Fsp3) is 0.417. The van der Waals surface area contributed by atoms with E-state index in [-0.39, 0.29) is 17.6 Å². The molecule has 2 aromatic rings. The average Bonchev–Trinajstić information content (AvgIpc) is 3.34. The summed E-state index contributed by atoms with van der Waals surface area (Å²) in [7, 11) is 0. The van der Waals surface area contributed by atoms with Gasteiger partial charge in [0.1, 0.15) is 11.6 Å². The zero-order valence-electron chi connectivity index (χ0n) is 17.3. The van der Waals surface area contributed by atoms with Crippen LogP contribution in [0.4, 0.5) is 0 Å². The van der Waals surface area contributed by atoms with E-state index in [1.807, 2.05) is 31.2 Å². The number of ether oxygens (including phenoxy) is 1. The first-order valence-electron chi connectivity index (χ1n) is 10.3. The molecular weight excluding hydrogens is 362 g/mol. The number of nitrogens with one attached hydrogen (secondary N) is 1. The van der Waals surface area contributed by atoms with Crippen molar-refractivity contribution in [3.05, 3.63) is 64.5 Å². The van der Waals surface area contributed by atoms with Gasteiger partial charge in [0.2, 0.25) is 0 Å². The van der Waals surface area contributed by atoms with Crippen molar-refractivity contribution in [1.82, 2.24) is 9.88 Å². The molecule has 5 nitrogen and oxygen atoms in total. The maximum absolute atomic E-state index is 12.4. The summed E-state index contributed by atoms with van der Waals surface area (Å²) in [6, 6.07) is 14.3. The summed E-state index contributed by atoms with van der Waals surface area (Å²) in [5, 5.41) is 12.4. The van der Waals surface area contributed by atoms with E-state index in [0.717, 1.165) is 55.8 Å². The van der Waals surface area contributed by atoms with Crippen molar-refractivity contribution >= 4 is 12.0 Å². The van der Waals surface area contributed by atoms with Crippen LogP contribution in [0, 0.1) is 25.2 Å². The van der Waals surface area contributed by atoms with E-state index < -0.39 is 0 Å². The van der Waals surface area contributed by atoms with Crippen molar-refractivity contribution < 1.29 is 9.53 Å². The van der Waals surface area contributed by atoms with Gasteiger partial charge < -0.3 is 14.6 Å². The summed E-state index contributed by atoms with van der Waals surface area (Å²) in [6.45, 7) is 6.28. The van der Waals surface area contributed by atoms with E-state index in [9.17, 15) is 10.1 Å². The lowest BCUT2D eigenvalue weighted by atomic mass is 10.1. The van der Waals surface area contributed by atoms with Gasteiger partial charge in [-0.3, -0.25) is 4.79 Å². The molecule has 1 unspecified atom stereocenters. The van der Waals surface area contributed by atoms with Crippen molar-refractivity contribution in [1.29, 1.82) is 5.26 Å². The van der Waals surface area contributed by atoms with Crippen LogP contribution in [0.1, 0.15) is 41.8 Å². The second kappa shape index (κ2) is 10.1. The number of hydrogen-bond acceptors (Lipinski definition) is 3. The highest BCUT2D eigenvalue weighted by Crippen LogP contribution is 2.22. The van der Waals surface area contributed by atoms with Gasteiger partial charge in [-0.1, -0.05) is 30.3 Å². The number of nitriles is 1. The van der Waals surface area contributed by atoms with Gasteiger partial charge in [0, 0.05) is 31.1 Å². The lowest BCUT2D eigenvalue weighted by Crippen LogP contribution is -2.25. The van der Waals surface area contributed by atoms with Gasteiger partial charge >= 0.3 is 0 Å². The molecule has 0 spiro atoms. The summed E-state index contributed by atoms with van der Waals surface area (Å²) in [6.07, 6.45) is 5.87. The third-order valence-electron chi connectivity index (χ3n) is 5.46. The molecule has 2 heterocycles. The van der Waals surface area contributed by atoms with E-state index in [0.29, 0.717) is 6.54 Å². The molecule has 1 aromatic carbocycles. The van der Waals surface area contributed by atoms with Crippen LogP contribution in [0.2, 0.25) is 0 Å². The Balaban J connectivity index is 1.59. The molecule has 0 radical (unpaired) electrons. The molecule has 3 rings (SSSR count). The lowest BCUT2D eigenvalue weighted by molar-refractivity contribution is -0.117. The molecule has 1 fully saturated rings. The maximum Gasteiger partial charge on any atom is 0.261 e. The molecule has 29 heavy (non-hydrogen) atoms. The van der Waals surface area contributed by atoms with Gasteiger partial charge in [0.05, 0.1) is 6.10 Å². The number of carbonyl (C=O) groups excluding carboxylic acids is 1. The predicted octanol–water partition coefficient (Wildman–Crippen LogP) is 3.94. The largest absolute Gasteiger partial charge is 0.376 e. The summed E-state index contributed by atoms with van der Waals surface area (Å²) in [5.74, 6) is -0.315. The molecule has 1 saturated heterocycles. The molecule has 0 bridgehead atoms. The minimum absolute atomic E-state index is 0.141. The number of rotatable bonds is 8. The summed E-state index contributed by atoms with van der Waals surface area (Å²) >= 11 is 0. The van der Waals surface area contributed by atoms with Crippen LogP contribution in [0.15, 0.2) is 42.0 Å². The Morgan fingerprint density at radius 1 is 1.34 bits per heavy atom. The van der Waals surface area contributed by atoms with Crippen LogP contribution in [-0.4, -0.2) is 29.7 Å². The second-order valence-electron chi connectivity index (χ2n) is 7.59. The van der Waals surface area contributed by atoms with Crippen molar-refractivity contribution in [2.75, 3.05) is 13.2 Å². The van der Waals surface area contributed by atoms with Crippen LogP contribution in [0.25, 0.3) is 6.08 Å². The van der Waals surface area contributed by atoms with Crippen molar-refractivity contribution in [3.63, 3.8) is 0 Å². The number of amides is 1. The molecule has 5 heteroatoms. The third kappa shape index (κ3) is 5.58. The van der Waals surface area contributed by atoms with Crippen molar-refractivity contribution in [2.45, 2.75) is 52.2 Å². The highest BCUT2D eigenvalue weighted by Gasteiger charge is 2.19. The zero-order chi connectivity index (χ0) is 20.6. The molecule has 1 atom stereocenters. The van der Waals surface area contributed by atoms with E-state index >= 15 is 0 Å². The van der Waals surface area contributed by atoms with E-state index in [1.165, 1.54) is 5.56 Å². The lowest BCUT2D eigenvalue weighted by Gasteiger charge is -2.14. The van der Waals surface area contributed by atoms with E-state index in [2.05, 4.69) is 35.0 Å². The highest BCUT2D eigenvalue weighted by molar-refractivity contribution is 6.01. The molecule has 1 aromatic heterocycles. The highest BCUT2D eigenvalue weighted by atomic mass is 16.5. The number of benzene rings is 1. The quantitative estimate of drug-likeness (QED) is 0.421. The van der Waals surface area contributed by atoms with Crippen LogP contribution in [0.3, 0.4) is 0 Å². The standard InChI is InChI=1S/C24H29N3O2/c1-18-14-21(19(2)27(18)17-23-11-7-13-29-23)15-22(16-25)24(28)26-12-6-10-20-8-4-3-5-9-20/h3-5,8-9,14-15,23H,6-7,10-13,17H2,1-2H3,(H,26,28)/b22-15-. The first-order chi connectivity index (χ1) is 14.1. The Morgan fingerprint density at radius 2 is 2.14 bits per heavy atom. The molecule has 1 amide bonds. The van der Waals surface area contributed by atoms with Gasteiger partial charge in [0.15, 0.2) is 0 Å². The van der Waals surface area contributed by atoms with Gasteiger partial charge in [-0.05, 0) is 62.8 Å². The molecule has 1 aliphatic heterocycles. The minimum atomic E-state index is -0.315. The summed E-state index contributed by atoms with van der Waals surface area (Å²) < 4.78 is 7.97. The number of nitrogens with zero attached hydrogens (tertiary/aromatic N) is 2. The van der Waals surface area contributed by atoms with Crippen LogP contribution < -0.4 is 5.32 Å². The smallest absolute Gasteiger partial charge is 0.261 e. The minimum Gasteiger partial charge on any atom is -0.376 e. The van der Waals surface area contributed by atoms with Gasteiger partial charge in [0.25, 0.3) is 5.91 Å². The fourth-order valence-electron chi connectivity index (χ4n) is 3.79. The number of hydrogen-bond donors (Lipinski definition) is 1. The Hall–Kier alpha value is -2.84. The van der Waals surface area contributed by atoms with E-state index in [4.69, 9.17) is 4.74 Å². The Kier molecular flexibility index (Phi) is 7.26. The van der Waals surface area contributed by atoms with Gasteiger partial charge in [-0.15, -0.1) is 0 Å². The molecule has 1 aliphatic rings. The fourth-order valence-corrected chi connectivity index (χ4v) is 3.79. The van der Waals surface area contributed by atoms with Crippen LogP contribution in [-0.2, 0) is 22.5 Å². The summed E-state index contributed by atoms with van der Waals surface area (Å²) in [4.78, 5) is 12.4. The van der Waals surface area contributed by atoms with E-state index in [1.54, 1.807) is 6.08 Å². The predicted molar refractivity (Wildman–Crippen MR) is 114 cm³/mol. The van der Waals surface area contributed by atoms with Crippen LogP contribution in [0.5, 0.6) is 0 Å². The molecule has 1 N–H and O–H groups in total. The second-order valence-corrected chi connectivity index (χ2v) is 7.59. The first kappa shape index (κ1) is 20.9. The molecule has 0 saturated carbocycles. The normalized spacial score (nSPS) is 16.6. The number of aryl methyl sites for hydroxylation is 2. The summed E-state index contributed by atoms with van der Waals surface area (Å²) in [5.41, 5.74) is 4.47. The number of carbonyl (C=O) groups is 1. The Labute approximate surface area is 173 Å². The Bertz CT molecular complexity index is 900. The molecule has 0 aliphatic carbocycles. The zero-order valence-corrected chi connectivity index (χ0v) is 17.3. The topological polar surface area (TPSA) is 67.0 Å². The average molecular weight is 392 g/mol. The van der Waals surface area contributed by atoms with Gasteiger partial charge in [-0.25, -0.2) is 0 Å². The first-order valence-corrected chi connectivity index (χ1v) is 10.3.